The number of rotatable bonds is 13. The van der Waals surface area contributed by atoms with E-state index in [-0.39, 0.29) is 18.2 Å². The lowest BCUT2D eigenvalue weighted by Gasteiger charge is -2.33. The molecule has 0 aliphatic carbocycles. The smallest absolute Gasteiger partial charge is 0.136 e. The Morgan fingerprint density at radius 1 is 1.06 bits per heavy atom. The molecule has 0 spiro atoms. The zero-order valence-corrected chi connectivity index (χ0v) is 21.5. The van der Waals surface area contributed by atoms with E-state index in [4.69, 9.17) is 15.2 Å². The highest BCUT2D eigenvalue weighted by Crippen LogP contribution is 2.25. The Kier molecular flexibility index (Phi) is 11.3. The van der Waals surface area contributed by atoms with Crippen LogP contribution >= 0.6 is 0 Å². The van der Waals surface area contributed by atoms with E-state index in [0.29, 0.717) is 5.82 Å². The van der Waals surface area contributed by atoms with Crippen molar-refractivity contribution in [2.45, 2.75) is 57.7 Å². The highest BCUT2D eigenvalue weighted by Gasteiger charge is 2.22. The highest BCUT2D eigenvalue weighted by molar-refractivity contribution is 5.68. The molecule has 0 bridgehead atoms. The normalized spacial score (nSPS) is 17.9. The number of nitrogens with zero attached hydrogens (tertiary/aromatic N) is 2. The van der Waals surface area contributed by atoms with Crippen molar-refractivity contribution in [3.05, 3.63) is 83.3 Å². The van der Waals surface area contributed by atoms with Crippen molar-refractivity contribution in [1.82, 2.24) is 10.2 Å². The van der Waals surface area contributed by atoms with Crippen LogP contribution in [0.25, 0.3) is 0 Å². The second-order valence-electron chi connectivity index (χ2n) is 9.18. The van der Waals surface area contributed by atoms with E-state index in [1.165, 1.54) is 30.4 Å². The first-order chi connectivity index (χ1) is 17.1. The average Bonchev–Trinajstić information content (AvgIpc) is 2.90. The minimum atomic E-state index is -0.0411. The molecule has 1 fully saturated rings. The topological polar surface area (TPSA) is 72.1 Å². The van der Waals surface area contributed by atoms with Gasteiger partial charge in [-0.05, 0) is 23.1 Å². The SMILES string of the molecule is CCCCCC(N/C(N)=C/N=CC(C)c1ccc(C(OC)N2CCOCC2)cc1)c1ccccc1. The van der Waals surface area contributed by atoms with Gasteiger partial charge in [-0.25, -0.2) is 0 Å². The van der Waals surface area contributed by atoms with Gasteiger partial charge < -0.3 is 20.5 Å². The van der Waals surface area contributed by atoms with Gasteiger partial charge in [-0.3, -0.25) is 9.89 Å². The van der Waals surface area contributed by atoms with Crippen LogP contribution in [-0.2, 0) is 9.47 Å². The van der Waals surface area contributed by atoms with Crippen LogP contribution in [-0.4, -0.2) is 44.5 Å². The molecule has 3 atom stereocenters. The summed E-state index contributed by atoms with van der Waals surface area (Å²) in [6.45, 7) is 7.64. The molecule has 1 aliphatic rings. The number of benzene rings is 2. The van der Waals surface area contributed by atoms with E-state index in [1.807, 2.05) is 12.3 Å². The maximum Gasteiger partial charge on any atom is 0.136 e. The van der Waals surface area contributed by atoms with Gasteiger partial charge >= 0.3 is 0 Å². The molecule has 2 aromatic carbocycles. The lowest BCUT2D eigenvalue weighted by atomic mass is 10.00. The van der Waals surface area contributed by atoms with E-state index in [2.05, 4.69) is 77.6 Å². The van der Waals surface area contributed by atoms with Crippen LogP contribution in [0.4, 0.5) is 0 Å². The summed E-state index contributed by atoms with van der Waals surface area (Å²) in [6.07, 6.45) is 8.26. The summed E-state index contributed by atoms with van der Waals surface area (Å²) < 4.78 is 11.2. The molecule has 1 heterocycles. The Bertz CT molecular complexity index is 908. The number of nitrogens with two attached hydrogens (primary N) is 1. The Morgan fingerprint density at radius 3 is 2.40 bits per heavy atom. The van der Waals surface area contributed by atoms with Crippen molar-refractivity contribution >= 4 is 6.21 Å². The standard InChI is InChI=1S/C29H42N4O2/c1-4-5-7-12-27(25-10-8-6-9-11-25)32-28(30)22-31-21-23(2)24-13-15-26(16-14-24)29(34-3)33-17-19-35-20-18-33/h6,8-11,13-16,21-23,27,29,32H,4-5,7,12,17-20,30H2,1-3H3/b28-22+,31-21?. The molecular weight excluding hydrogens is 436 g/mol. The number of ether oxygens (including phenoxy) is 2. The minimum absolute atomic E-state index is 0.0411. The van der Waals surface area contributed by atoms with Gasteiger partial charge in [0.2, 0.25) is 0 Å². The molecule has 2 aromatic rings. The van der Waals surface area contributed by atoms with Crippen LogP contribution in [0.2, 0.25) is 0 Å². The molecule has 190 valence electrons. The average molecular weight is 479 g/mol. The van der Waals surface area contributed by atoms with Gasteiger partial charge in [0.25, 0.3) is 0 Å². The van der Waals surface area contributed by atoms with Gasteiger partial charge in [0.15, 0.2) is 0 Å². The monoisotopic (exact) mass is 478 g/mol. The third kappa shape index (κ3) is 8.49. The Morgan fingerprint density at radius 2 is 1.74 bits per heavy atom. The highest BCUT2D eigenvalue weighted by atomic mass is 16.5. The van der Waals surface area contributed by atoms with E-state index < -0.39 is 0 Å². The third-order valence-electron chi connectivity index (χ3n) is 6.51. The van der Waals surface area contributed by atoms with E-state index >= 15 is 0 Å². The third-order valence-corrected chi connectivity index (χ3v) is 6.51. The van der Waals surface area contributed by atoms with Crippen molar-refractivity contribution in [1.29, 1.82) is 0 Å². The van der Waals surface area contributed by atoms with E-state index in [1.54, 1.807) is 13.3 Å². The van der Waals surface area contributed by atoms with Crippen LogP contribution in [0.15, 0.2) is 71.6 Å². The molecule has 35 heavy (non-hydrogen) atoms. The van der Waals surface area contributed by atoms with Crippen molar-refractivity contribution in [3.8, 4) is 0 Å². The molecule has 0 aromatic heterocycles. The zero-order valence-electron chi connectivity index (χ0n) is 21.5. The van der Waals surface area contributed by atoms with Gasteiger partial charge in [-0.15, -0.1) is 0 Å². The fraction of sp³-hybridized carbons (Fsp3) is 0.483. The first-order valence-electron chi connectivity index (χ1n) is 12.9. The van der Waals surface area contributed by atoms with Crippen LogP contribution in [0.5, 0.6) is 0 Å². The number of methoxy groups -OCH3 is 1. The molecule has 1 saturated heterocycles. The molecule has 0 amide bonds. The first-order valence-corrected chi connectivity index (χ1v) is 12.9. The van der Waals surface area contributed by atoms with Gasteiger partial charge in [0.05, 0.1) is 25.5 Å². The van der Waals surface area contributed by atoms with Crippen LogP contribution in [0, 0.1) is 0 Å². The molecule has 1 aliphatic heterocycles. The lowest BCUT2D eigenvalue weighted by molar-refractivity contribution is -0.0811. The number of unbranched alkanes of at least 4 members (excludes halogenated alkanes) is 2. The Hall–Kier alpha value is -2.67. The largest absolute Gasteiger partial charge is 0.384 e. The summed E-state index contributed by atoms with van der Waals surface area (Å²) in [4.78, 5) is 6.83. The van der Waals surface area contributed by atoms with Crippen molar-refractivity contribution in [2.75, 3.05) is 33.4 Å². The van der Waals surface area contributed by atoms with Crippen molar-refractivity contribution in [2.24, 2.45) is 10.7 Å². The van der Waals surface area contributed by atoms with Crippen molar-refractivity contribution in [3.63, 3.8) is 0 Å². The molecule has 0 radical (unpaired) electrons. The maximum atomic E-state index is 6.29. The first kappa shape index (κ1) is 26.9. The number of hydrogen-bond donors (Lipinski definition) is 2. The Labute approximate surface area is 211 Å². The van der Waals surface area contributed by atoms with Gasteiger partial charge in [-0.2, -0.15) is 0 Å². The minimum Gasteiger partial charge on any atom is -0.384 e. The number of aliphatic imine (C=N–C) groups is 1. The van der Waals surface area contributed by atoms with Crippen LogP contribution in [0.1, 0.15) is 74.4 Å². The zero-order chi connectivity index (χ0) is 24.9. The molecule has 6 nitrogen and oxygen atoms in total. The van der Waals surface area contributed by atoms with E-state index in [0.717, 1.165) is 38.3 Å². The molecule has 0 saturated carbocycles. The summed E-state index contributed by atoms with van der Waals surface area (Å²) in [5.41, 5.74) is 9.91. The molecular formula is C29H42N4O2. The predicted octanol–water partition coefficient (Wildman–Crippen LogP) is 5.51. The number of morpholine rings is 1. The Balaban J connectivity index is 1.58. The summed E-state index contributed by atoms with van der Waals surface area (Å²) in [5, 5.41) is 3.46. The fourth-order valence-electron chi connectivity index (χ4n) is 4.46. The van der Waals surface area contributed by atoms with Crippen LogP contribution in [0.3, 0.4) is 0 Å². The lowest BCUT2D eigenvalue weighted by Crippen LogP contribution is -2.39. The molecule has 3 rings (SSSR count). The molecule has 6 heteroatoms. The summed E-state index contributed by atoms with van der Waals surface area (Å²) in [7, 11) is 1.76. The summed E-state index contributed by atoms with van der Waals surface area (Å²) >= 11 is 0. The van der Waals surface area contributed by atoms with Crippen molar-refractivity contribution < 1.29 is 9.47 Å². The maximum absolute atomic E-state index is 6.29. The van der Waals surface area contributed by atoms with Gasteiger partial charge in [-0.1, -0.05) is 87.7 Å². The van der Waals surface area contributed by atoms with Gasteiger partial charge in [0.1, 0.15) is 12.0 Å². The number of nitrogens with one attached hydrogen (secondary N) is 1. The second-order valence-corrected chi connectivity index (χ2v) is 9.18. The number of hydrogen-bond acceptors (Lipinski definition) is 6. The summed E-state index contributed by atoms with van der Waals surface area (Å²) in [6, 6.07) is 19.3. The predicted molar refractivity (Wildman–Crippen MR) is 144 cm³/mol. The summed E-state index contributed by atoms with van der Waals surface area (Å²) in [5.74, 6) is 0.759. The second kappa shape index (κ2) is 14.7. The van der Waals surface area contributed by atoms with Crippen LogP contribution < -0.4 is 11.1 Å². The van der Waals surface area contributed by atoms with E-state index in [9.17, 15) is 0 Å². The van der Waals surface area contributed by atoms with Gasteiger partial charge in [0, 0.05) is 32.3 Å². The molecule has 3 unspecified atom stereocenters. The molecule has 3 N–H and O–H groups in total. The fourth-order valence-corrected chi connectivity index (χ4v) is 4.46. The quantitative estimate of drug-likeness (QED) is 0.293.